The predicted octanol–water partition coefficient (Wildman–Crippen LogP) is 4.08. The van der Waals surface area contributed by atoms with Gasteiger partial charge in [-0.3, -0.25) is 4.98 Å². The van der Waals surface area contributed by atoms with E-state index in [2.05, 4.69) is 40.0 Å². The lowest BCUT2D eigenvalue weighted by atomic mass is 10.1. The van der Waals surface area contributed by atoms with Gasteiger partial charge >= 0.3 is 0 Å². The molecule has 0 saturated heterocycles. The number of aromatic nitrogens is 1. The Morgan fingerprint density at radius 3 is 2.93 bits per heavy atom. The molecule has 2 aromatic rings. The lowest BCUT2D eigenvalue weighted by Gasteiger charge is -2.07. The molecule has 0 saturated carbocycles. The number of hydrogen-bond acceptors (Lipinski definition) is 1. The first-order valence-corrected chi connectivity index (χ1v) is 5.71. The number of nitrogens with zero attached hydrogens (tertiary/aromatic N) is 1. The van der Waals surface area contributed by atoms with E-state index in [-0.39, 0.29) is 0 Å². The van der Waals surface area contributed by atoms with E-state index in [1.54, 1.807) is 0 Å². The highest BCUT2D eigenvalue weighted by molar-refractivity contribution is 9.09. The van der Waals surface area contributed by atoms with Crippen LogP contribution < -0.4 is 0 Å². The van der Waals surface area contributed by atoms with Crippen LogP contribution in [0, 0.1) is 0 Å². The Hall–Kier alpha value is -0.890. The topological polar surface area (TPSA) is 12.9 Å². The van der Waals surface area contributed by atoms with Gasteiger partial charge in [-0.2, -0.15) is 0 Å². The van der Waals surface area contributed by atoms with E-state index in [4.69, 9.17) is 0 Å². The molecule has 0 aliphatic carbocycles. The zero-order valence-electron chi connectivity index (χ0n) is 8.07. The molecule has 2 rings (SSSR count). The molecule has 0 spiro atoms. The summed E-state index contributed by atoms with van der Waals surface area (Å²) in [6.07, 6.45) is 3.03. The molecular formula is C12H12BrN. The van der Waals surface area contributed by atoms with Gasteiger partial charge in [0.15, 0.2) is 0 Å². The molecule has 0 fully saturated rings. The van der Waals surface area contributed by atoms with E-state index >= 15 is 0 Å². The van der Waals surface area contributed by atoms with Crippen molar-refractivity contribution in [1.29, 1.82) is 0 Å². The van der Waals surface area contributed by atoms with Crippen LogP contribution in [0.5, 0.6) is 0 Å². The minimum Gasteiger partial charge on any atom is -0.256 e. The molecule has 0 bridgehead atoms. The number of rotatable bonds is 2. The molecule has 1 unspecified atom stereocenters. The van der Waals surface area contributed by atoms with Gasteiger partial charge in [0, 0.05) is 16.4 Å². The average molecular weight is 250 g/mol. The summed E-state index contributed by atoms with van der Waals surface area (Å²) in [7, 11) is 0. The van der Waals surface area contributed by atoms with Crippen molar-refractivity contribution in [2.75, 3.05) is 0 Å². The monoisotopic (exact) mass is 249 g/mol. The number of pyridine rings is 1. The van der Waals surface area contributed by atoms with Gasteiger partial charge in [0.2, 0.25) is 0 Å². The van der Waals surface area contributed by atoms with E-state index < -0.39 is 0 Å². The summed E-state index contributed by atoms with van der Waals surface area (Å²) in [4.78, 5) is 4.84. The SMILES string of the molecule is CCC(Br)c1cnc2ccccc2c1. The predicted molar refractivity (Wildman–Crippen MR) is 63.7 cm³/mol. The summed E-state index contributed by atoms with van der Waals surface area (Å²) in [5.74, 6) is 0. The third kappa shape index (κ3) is 1.80. The van der Waals surface area contributed by atoms with Gasteiger partial charge in [-0.15, -0.1) is 0 Å². The van der Waals surface area contributed by atoms with Gasteiger partial charge in [-0.25, -0.2) is 0 Å². The number of para-hydroxylation sites is 1. The largest absolute Gasteiger partial charge is 0.256 e. The van der Waals surface area contributed by atoms with Crippen LogP contribution in [0.25, 0.3) is 10.9 Å². The van der Waals surface area contributed by atoms with Crippen LogP contribution in [0.3, 0.4) is 0 Å². The molecule has 1 atom stereocenters. The highest BCUT2D eigenvalue weighted by Gasteiger charge is 2.05. The first-order valence-electron chi connectivity index (χ1n) is 4.80. The lowest BCUT2D eigenvalue weighted by molar-refractivity contribution is 0.907. The molecule has 0 aliphatic rings. The van der Waals surface area contributed by atoms with Crippen molar-refractivity contribution in [3.8, 4) is 0 Å². The second-order valence-electron chi connectivity index (χ2n) is 3.34. The second kappa shape index (κ2) is 4.09. The van der Waals surface area contributed by atoms with E-state index in [0.717, 1.165) is 11.9 Å². The first-order chi connectivity index (χ1) is 6.81. The molecule has 1 aromatic carbocycles. The molecule has 0 radical (unpaired) electrons. The van der Waals surface area contributed by atoms with Crippen molar-refractivity contribution in [3.63, 3.8) is 0 Å². The lowest BCUT2D eigenvalue weighted by Crippen LogP contribution is -1.89. The number of hydrogen-bond donors (Lipinski definition) is 0. The second-order valence-corrected chi connectivity index (χ2v) is 4.44. The van der Waals surface area contributed by atoms with Gasteiger partial charge in [0.1, 0.15) is 0 Å². The van der Waals surface area contributed by atoms with Gasteiger partial charge in [-0.05, 0) is 24.1 Å². The quantitative estimate of drug-likeness (QED) is 0.732. The van der Waals surface area contributed by atoms with E-state index in [1.165, 1.54) is 10.9 Å². The Labute approximate surface area is 92.3 Å². The van der Waals surface area contributed by atoms with Crippen LogP contribution in [-0.2, 0) is 0 Å². The number of halogens is 1. The van der Waals surface area contributed by atoms with Crippen LogP contribution in [-0.4, -0.2) is 4.98 Å². The minimum absolute atomic E-state index is 0.416. The maximum absolute atomic E-state index is 4.42. The van der Waals surface area contributed by atoms with Crippen molar-refractivity contribution in [1.82, 2.24) is 4.98 Å². The molecule has 1 nitrogen and oxygen atoms in total. The first kappa shape index (κ1) is 9.66. The molecule has 2 heteroatoms. The number of fused-ring (bicyclic) bond motifs is 1. The van der Waals surface area contributed by atoms with Crippen LogP contribution in [0.2, 0.25) is 0 Å². The molecular weight excluding hydrogens is 238 g/mol. The molecule has 0 N–H and O–H groups in total. The van der Waals surface area contributed by atoms with Crippen molar-refractivity contribution in [2.45, 2.75) is 18.2 Å². The molecule has 1 heterocycles. The fourth-order valence-electron chi connectivity index (χ4n) is 1.50. The smallest absolute Gasteiger partial charge is 0.0702 e. The molecule has 0 amide bonds. The maximum Gasteiger partial charge on any atom is 0.0702 e. The summed E-state index contributed by atoms with van der Waals surface area (Å²) in [5, 5.41) is 1.21. The fourth-order valence-corrected chi connectivity index (χ4v) is 1.75. The van der Waals surface area contributed by atoms with Crippen LogP contribution in [0.15, 0.2) is 36.5 Å². The van der Waals surface area contributed by atoms with Gasteiger partial charge in [0.05, 0.1) is 5.52 Å². The third-order valence-electron chi connectivity index (χ3n) is 2.33. The molecule has 14 heavy (non-hydrogen) atoms. The van der Waals surface area contributed by atoms with Crippen LogP contribution >= 0.6 is 15.9 Å². The Kier molecular flexibility index (Phi) is 2.82. The van der Waals surface area contributed by atoms with Gasteiger partial charge < -0.3 is 0 Å². The van der Waals surface area contributed by atoms with Crippen molar-refractivity contribution < 1.29 is 0 Å². The normalized spacial score (nSPS) is 13.0. The summed E-state index contributed by atoms with van der Waals surface area (Å²) < 4.78 is 0. The molecule has 0 aliphatic heterocycles. The van der Waals surface area contributed by atoms with Gasteiger partial charge in [0.25, 0.3) is 0 Å². The average Bonchev–Trinajstić information content (AvgIpc) is 2.27. The van der Waals surface area contributed by atoms with Gasteiger partial charge in [-0.1, -0.05) is 41.1 Å². The highest BCUT2D eigenvalue weighted by atomic mass is 79.9. The standard InChI is InChI=1S/C12H12BrN/c1-2-11(13)10-7-9-5-3-4-6-12(9)14-8-10/h3-8,11H,2H2,1H3. The van der Waals surface area contributed by atoms with Crippen LogP contribution in [0.4, 0.5) is 0 Å². The maximum atomic E-state index is 4.42. The Morgan fingerprint density at radius 1 is 1.36 bits per heavy atom. The summed E-state index contributed by atoms with van der Waals surface area (Å²) >= 11 is 3.63. The van der Waals surface area contributed by atoms with E-state index in [1.807, 2.05) is 24.4 Å². The van der Waals surface area contributed by atoms with E-state index in [0.29, 0.717) is 4.83 Å². The zero-order valence-corrected chi connectivity index (χ0v) is 9.66. The van der Waals surface area contributed by atoms with E-state index in [9.17, 15) is 0 Å². The fraction of sp³-hybridized carbons (Fsp3) is 0.250. The Balaban J connectivity index is 2.51. The summed E-state index contributed by atoms with van der Waals surface area (Å²) in [6, 6.07) is 10.4. The number of benzene rings is 1. The number of alkyl halides is 1. The van der Waals surface area contributed by atoms with Crippen molar-refractivity contribution in [3.05, 3.63) is 42.1 Å². The highest BCUT2D eigenvalue weighted by Crippen LogP contribution is 2.27. The summed E-state index contributed by atoms with van der Waals surface area (Å²) in [5.41, 5.74) is 2.32. The van der Waals surface area contributed by atoms with Crippen molar-refractivity contribution >= 4 is 26.8 Å². The Bertz CT molecular complexity index is 439. The summed E-state index contributed by atoms with van der Waals surface area (Å²) in [6.45, 7) is 2.16. The Morgan fingerprint density at radius 2 is 2.14 bits per heavy atom. The van der Waals surface area contributed by atoms with Crippen molar-refractivity contribution in [2.24, 2.45) is 0 Å². The third-order valence-corrected chi connectivity index (χ3v) is 3.51. The molecule has 1 aromatic heterocycles. The van der Waals surface area contributed by atoms with Crippen LogP contribution in [0.1, 0.15) is 23.7 Å². The zero-order chi connectivity index (χ0) is 9.97. The molecule has 72 valence electrons. The minimum atomic E-state index is 0.416.